The number of methoxy groups -OCH3 is 1. The highest BCUT2D eigenvalue weighted by molar-refractivity contribution is 5.98. The lowest BCUT2D eigenvalue weighted by molar-refractivity contribution is 0.0725. The molecule has 3 rings (SSSR count). The first-order valence-electron chi connectivity index (χ1n) is 9.22. The van der Waals surface area contributed by atoms with Crippen molar-refractivity contribution in [3.05, 3.63) is 35.2 Å². The number of amides is 1. The fraction of sp³-hybridized carbons (Fsp3) is 0.526. The van der Waals surface area contributed by atoms with Crippen LogP contribution in [0.15, 0.2) is 18.3 Å². The van der Waals surface area contributed by atoms with Crippen molar-refractivity contribution in [2.24, 2.45) is 7.05 Å². The molecule has 0 unspecified atom stereocenters. The van der Waals surface area contributed by atoms with Crippen LogP contribution in [0.25, 0.3) is 0 Å². The van der Waals surface area contributed by atoms with Gasteiger partial charge in [0, 0.05) is 32.9 Å². The van der Waals surface area contributed by atoms with Gasteiger partial charge in [-0.05, 0) is 37.8 Å². The number of hydrogen-bond donors (Lipinski definition) is 1. The normalized spacial score (nSPS) is 14.3. The third-order valence-corrected chi connectivity index (χ3v) is 4.81. The second-order valence-electron chi connectivity index (χ2n) is 6.52. The summed E-state index contributed by atoms with van der Waals surface area (Å²) in [5.41, 5.74) is 2.60. The quantitative estimate of drug-likeness (QED) is 0.860. The fourth-order valence-corrected chi connectivity index (χ4v) is 3.48. The van der Waals surface area contributed by atoms with Crippen molar-refractivity contribution in [3.8, 4) is 5.88 Å². The monoisotopic (exact) mass is 357 g/mol. The molecule has 0 radical (unpaired) electrons. The van der Waals surface area contributed by atoms with E-state index in [9.17, 15) is 4.79 Å². The largest absolute Gasteiger partial charge is 0.481 e. The molecule has 0 aliphatic carbocycles. The summed E-state index contributed by atoms with van der Waals surface area (Å²) in [5.74, 6) is 1.39. The Bertz CT molecular complexity index is 765. The zero-order chi connectivity index (χ0) is 18.5. The van der Waals surface area contributed by atoms with Crippen molar-refractivity contribution in [2.75, 3.05) is 25.5 Å². The number of nitrogens with one attached hydrogen (secondary N) is 1. The average Bonchev–Trinajstić information content (AvgIpc) is 3.01. The van der Waals surface area contributed by atoms with Gasteiger partial charge in [0.05, 0.1) is 23.9 Å². The minimum atomic E-state index is 0.0502. The minimum Gasteiger partial charge on any atom is -0.481 e. The highest BCUT2D eigenvalue weighted by Crippen LogP contribution is 2.24. The predicted octanol–water partition coefficient (Wildman–Crippen LogP) is 2.62. The van der Waals surface area contributed by atoms with Gasteiger partial charge < -0.3 is 15.0 Å². The van der Waals surface area contributed by atoms with Crippen LogP contribution in [0.2, 0.25) is 0 Å². The van der Waals surface area contributed by atoms with Gasteiger partial charge in [-0.1, -0.05) is 6.92 Å². The van der Waals surface area contributed by atoms with Gasteiger partial charge in [-0.15, -0.1) is 0 Å². The van der Waals surface area contributed by atoms with Gasteiger partial charge in [0.15, 0.2) is 0 Å². The maximum atomic E-state index is 12.9. The standard InChI is InChI=1S/C19H27N5O2/c1-4-16-15(19(26-3)23(2)22-16)13-21-17-14(9-8-10-20-17)18(25)24-11-6-5-7-12-24/h8-10H,4-7,11-13H2,1-3H3,(H,20,21). The lowest BCUT2D eigenvalue weighted by atomic mass is 10.1. The van der Waals surface area contributed by atoms with Crippen molar-refractivity contribution < 1.29 is 9.53 Å². The van der Waals surface area contributed by atoms with E-state index in [0.29, 0.717) is 17.9 Å². The molecule has 0 atom stereocenters. The summed E-state index contributed by atoms with van der Waals surface area (Å²) in [6.07, 6.45) is 5.86. The van der Waals surface area contributed by atoms with E-state index in [2.05, 4.69) is 22.3 Å². The summed E-state index contributed by atoms with van der Waals surface area (Å²) in [6, 6.07) is 3.65. The van der Waals surface area contributed by atoms with Crippen molar-refractivity contribution in [2.45, 2.75) is 39.2 Å². The van der Waals surface area contributed by atoms with Gasteiger partial charge in [0.25, 0.3) is 5.91 Å². The third-order valence-electron chi connectivity index (χ3n) is 4.81. The van der Waals surface area contributed by atoms with Gasteiger partial charge in [0.2, 0.25) is 5.88 Å². The smallest absolute Gasteiger partial charge is 0.257 e. The first-order chi connectivity index (χ1) is 12.7. The van der Waals surface area contributed by atoms with Gasteiger partial charge >= 0.3 is 0 Å². The Labute approximate surface area is 154 Å². The zero-order valence-corrected chi connectivity index (χ0v) is 15.8. The topological polar surface area (TPSA) is 72.3 Å². The van der Waals surface area contributed by atoms with Crippen LogP contribution in [0.4, 0.5) is 5.82 Å². The summed E-state index contributed by atoms with van der Waals surface area (Å²) >= 11 is 0. The van der Waals surface area contributed by atoms with Crippen LogP contribution in [-0.2, 0) is 20.0 Å². The molecule has 0 bridgehead atoms. The number of aromatic nitrogens is 3. The number of nitrogens with zero attached hydrogens (tertiary/aromatic N) is 4. The number of ether oxygens (including phenoxy) is 1. The van der Waals surface area contributed by atoms with Crippen molar-refractivity contribution >= 4 is 11.7 Å². The van der Waals surface area contributed by atoms with E-state index in [-0.39, 0.29) is 5.91 Å². The summed E-state index contributed by atoms with van der Waals surface area (Å²) in [4.78, 5) is 19.2. The summed E-state index contributed by atoms with van der Waals surface area (Å²) in [6.45, 7) is 4.22. The number of piperidine rings is 1. The third kappa shape index (κ3) is 3.66. The molecule has 2 aromatic heterocycles. The number of carbonyl (C=O) groups is 1. The molecule has 26 heavy (non-hydrogen) atoms. The number of hydrogen-bond acceptors (Lipinski definition) is 5. The predicted molar refractivity (Wildman–Crippen MR) is 100 cm³/mol. The van der Waals surface area contributed by atoms with E-state index in [1.165, 1.54) is 6.42 Å². The highest BCUT2D eigenvalue weighted by Gasteiger charge is 2.22. The lowest BCUT2D eigenvalue weighted by Crippen LogP contribution is -2.36. The zero-order valence-electron chi connectivity index (χ0n) is 15.8. The number of rotatable bonds is 6. The highest BCUT2D eigenvalue weighted by atomic mass is 16.5. The molecule has 1 amide bonds. The van der Waals surface area contributed by atoms with Gasteiger partial charge in [-0.3, -0.25) is 4.79 Å². The van der Waals surface area contributed by atoms with Crippen LogP contribution in [0.1, 0.15) is 47.8 Å². The number of likely N-dealkylation sites (tertiary alicyclic amines) is 1. The van der Waals surface area contributed by atoms with Crippen LogP contribution >= 0.6 is 0 Å². The molecule has 0 aromatic carbocycles. The molecular formula is C19H27N5O2. The van der Waals surface area contributed by atoms with Crippen molar-refractivity contribution in [1.82, 2.24) is 19.7 Å². The Morgan fingerprint density at radius 2 is 2.08 bits per heavy atom. The van der Waals surface area contributed by atoms with Gasteiger partial charge in [0.1, 0.15) is 5.82 Å². The van der Waals surface area contributed by atoms with Crippen molar-refractivity contribution in [3.63, 3.8) is 0 Å². The molecule has 1 fully saturated rings. The number of pyridine rings is 1. The van der Waals surface area contributed by atoms with E-state index >= 15 is 0 Å². The summed E-state index contributed by atoms with van der Waals surface area (Å²) in [5, 5.41) is 7.82. The molecule has 1 aliphatic rings. The van der Waals surface area contributed by atoms with E-state index in [1.54, 1.807) is 18.0 Å². The van der Waals surface area contributed by atoms with Crippen LogP contribution < -0.4 is 10.1 Å². The van der Waals surface area contributed by atoms with E-state index < -0.39 is 0 Å². The Morgan fingerprint density at radius 3 is 2.77 bits per heavy atom. The lowest BCUT2D eigenvalue weighted by Gasteiger charge is -2.27. The summed E-state index contributed by atoms with van der Waals surface area (Å²) < 4.78 is 7.23. The summed E-state index contributed by atoms with van der Waals surface area (Å²) in [7, 11) is 3.51. The Kier molecular flexibility index (Phi) is 5.75. The molecule has 7 nitrogen and oxygen atoms in total. The van der Waals surface area contributed by atoms with E-state index in [0.717, 1.165) is 49.5 Å². The van der Waals surface area contributed by atoms with Crippen molar-refractivity contribution in [1.29, 1.82) is 0 Å². The van der Waals surface area contributed by atoms with Crippen LogP contribution in [-0.4, -0.2) is 45.8 Å². The average molecular weight is 357 g/mol. The molecule has 140 valence electrons. The SMILES string of the molecule is CCc1nn(C)c(OC)c1CNc1ncccc1C(=O)N1CCCCC1. The van der Waals surface area contributed by atoms with Crippen LogP contribution in [0.3, 0.4) is 0 Å². The van der Waals surface area contributed by atoms with Crippen LogP contribution in [0.5, 0.6) is 5.88 Å². The van der Waals surface area contributed by atoms with E-state index in [1.807, 2.05) is 24.1 Å². The number of carbonyl (C=O) groups excluding carboxylic acids is 1. The number of aryl methyl sites for hydroxylation is 2. The second-order valence-corrected chi connectivity index (χ2v) is 6.52. The molecule has 0 spiro atoms. The maximum absolute atomic E-state index is 12.9. The Hall–Kier alpha value is -2.57. The molecule has 1 aliphatic heterocycles. The second kappa shape index (κ2) is 8.21. The Balaban J connectivity index is 1.80. The molecule has 3 heterocycles. The van der Waals surface area contributed by atoms with Gasteiger partial charge in [-0.25, -0.2) is 9.67 Å². The molecule has 0 saturated carbocycles. The number of anilines is 1. The molecule has 7 heteroatoms. The first kappa shape index (κ1) is 18.2. The molecular weight excluding hydrogens is 330 g/mol. The van der Waals surface area contributed by atoms with Gasteiger partial charge in [-0.2, -0.15) is 5.10 Å². The minimum absolute atomic E-state index is 0.0502. The first-order valence-corrected chi connectivity index (χ1v) is 9.22. The molecule has 1 N–H and O–H groups in total. The molecule has 1 saturated heterocycles. The maximum Gasteiger partial charge on any atom is 0.257 e. The fourth-order valence-electron chi connectivity index (χ4n) is 3.48. The Morgan fingerprint density at radius 1 is 1.31 bits per heavy atom. The van der Waals surface area contributed by atoms with E-state index in [4.69, 9.17) is 4.74 Å². The van der Waals surface area contributed by atoms with Crippen LogP contribution in [0, 0.1) is 0 Å². The molecule has 2 aromatic rings.